The predicted molar refractivity (Wildman–Crippen MR) is 93.8 cm³/mol. The van der Waals surface area contributed by atoms with Crippen molar-refractivity contribution >= 4 is 27.9 Å². The second-order valence-electron chi connectivity index (χ2n) is 5.49. The van der Waals surface area contributed by atoms with E-state index in [0.717, 1.165) is 10.0 Å². The molecule has 0 saturated carbocycles. The number of carbonyl (C=O) groups is 2. The summed E-state index contributed by atoms with van der Waals surface area (Å²) in [5, 5.41) is 2.73. The lowest BCUT2D eigenvalue weighted by atomic mass is 10.1. The summed E-state index contributed by atoms with van der Waals surface area (Å²) < 4.78 is 6.51. The van der Waals surface area contributed by atoms with E-state index in [1.807, 2.05) is 54.6 Å². The average molecular weight is 389 g/mol. The molecule has 1 N–H and O–H groups in total. The molecule has 0 spiro atoms. The Hall–Kier alpha value is -2.34. The van der Waals surface area contributed by atoms with Crippen LogP contribution in [-0.4, -0.2) is 36.0 Å². The van der Waals surface area contributed by atoms with Gasteiger partial charge in [-0.05, 0) is 23.8 Å². The van der Waals surface area contributed by atoms with E-state index in [9.17, 15) is 9.59 Å². The molecular formula is C18H17BrN2O3. The van der Waals surface area contributed by atoms with Crippen LogP contribution in [0.15, 0.2) is 59.1 Å². The van der Waals surface area contributed by atoms with Crippen LogP contribution < -0.4 is 10.1 Å². The molecule has 5 nitrogen and oxygen atoms in total. The highest BCUT2D eigenvalue weighted by atomic mass is 79.9. The van der Waals surface area contributed by atoms with E-state index in [4.69, 9.17) is 4.74 Å². The Balaban J connectivity index is 1.54. The molecule has 2 aromatic rings. The van der Waals surface area contributed by atoms with Gasteiger partial charge in [-0.15, -0.1) is 0 Å². The van der Waals surface area contributed by atoms with Gasteiger partial charge in [0.2, 0.25) is 0 Å². The first kappa shape index (κ1) is 16.5. The van der Waals surface area contributed by atoms with E-state index < -0.39 is 6.04 Å². The summed E-state index contributed by atoms with van der Waals surface area (Å²) in [6.07, 6.45) is 0.494. The van der Waals surface area contributed by atoms with Crippen LogP contribution in [0.3, 0.4) is 0 Å². The van der Waals surface area contributed by atoms with E-state index in [2.05, 4.69) is 21.2 Å². The Morgan fingerprint density at radius 1 is 1.08 bits per heavy atom. The third-order valence-electron chi connectivity index (χ3n) is 3.77. The number of urea groups is 1. The van der Waals surface area contributed by atoms with E-state index in [0.29, 0.717) is 12.2 Å². The third-order valence-corrected chi connectivity index (χ3v) is 4.26. The fraction of sp³-hybridized carbons (Fsp3) is 0.222. The van der Waals surface area contributed by atoms with E-state index in [1.165, 1.54) is 4.90 Å². The van der Waals surface area contributed by atoms with Crippen molar-refractivity contribution in [2.75, 3.05) is 13.2 Å². The van der Waals surface area contributed by atoms with Crippen molar-refractivity contribution in [1.29, 1.82) is 0 Å². The molecule has 1 aliphatic heterocycles. The normalized spacial score (nSPS) is 17.0. The standard InChI is InChI=1S/C18H17BrN2O3/c19-14-7-4-8-15(12-14)24-10-9-21-17(22)16(20-18(21)23)11-13-5-2-1-3-6-13/h1-8,12,16H,9-11H2,(H,20,23). The molecule has 2 aromatic carbocycles. The summed E-state index contributed by atoms with van der Waals surface area (Å²) in [7, 11) is 0. The number of imide groups is 1. The van der Waals surface area contributed by atoms with Gasteiger partial charge in [-0.3, -0.25) is 9.69 Å². The highest BCUT2D eigenvalue weighted by Gasteiger charge is 2.37. The van der Waals surface area contributed by atoms with Crippen LogP contribution in [-0.2, 0) is 11.2 Å². The molecule has 0 aromatic heterocycles. The zero-order valence-electron chi connectivity index (χ0n) is 12.9. The lowest BCUT2D eigenvalue weighted by Gasteiger charge is -2.14. The second kappa shape index (κ2) is 7.49. The molecule has 124 valence electrons. The van der Waals surface area contributed by atoms with Gasteiger partial charge in [0.25, 0.3) is 5.91 Å². The van der Waals surface area contributed by atoms with Crippen molar-refractivity contribution < 1.29 is 14.3 Å². The molecule has 0 bridgehead atoms. The monoisotopic (exact) mass is 388 g/mol. The van der Waals surface area contributed by atoms with Crippen LogP contribution in [0.5, 0.6) is 5.75 Å². The molecule has 6 heteroatoms. The first-order valence-corrected chi connectivity index (χ1v) is 8.47. The van der Waals surface area contributed by atoms with Crippen LogP contribution in [0.2, 0.25) is 0 Å². The molecule has 1 heterocycles. The van der Waals surface area contributed by atoms with Crippen LogP contribution in [0.1, 0.15) is 5.56 Å². The summed E-state index contributed by atoms with van der Waals surface area (Å²) in [6.45, 7) is 0.482. The lowest BCUT2D eigenvalue weighted by molar-refractivity contribution is -0.127. The number of hydrogen-bond acceptors (Lipinski definition) is 3. The second-order valence-corrected chi connectivity index (χ2v) is 6.40. The fourth-order valence-corrected chi connectivity index (χ4v) is 2.97. The average Bonchev–Trinajstić information content (AvgIpc) is 2.83. The molecule has 1 atom stereocenters. The molecule has 0 radical (unpaired) electrons. The zero-order chi connectivity index (χ0) is 16.9. The van der Waals surface area contributed by atoms with Gasteiger partial charge in [-0.1, -0.05) is 52.3 Å². The van der Waals surface area contributed by atoms with Crippen LogP contribution >= 0.6 is 15.9 Å². The highest BCUT2D eigenvalue weighted by Crippen LogP contribution is 2.18. The quantitative estimate of drug-likeness (QED) is 0.773. The number of benzene rings is 2. The first-order chi connectivity index (χ1) is 11.6. The van der Waals surface area contributed by atoms with Crippen molar-refractivity contribution in [3.63, 3.8) is 0 Å². The van der Waals surface area contributed by atoms with E-state index >= 15 is 0 Å². The van der Waals surface area contributed by atoms with Gasteiger partial charge >= 0.3 is 6.03 Å². The SMILES string of the molecule is O=C1NC(Cc2ccccc2)C(=O)N1CCOc1cccc(Br)c1. The Kier molecular flexibility index (Phi) is 5.15. The van der Waals surface area contributed by atoms with Gasteiger partial charge in [0, 0.05) is 10.9 Å². The molecule has 3 rings (SSSR count). The minimum absolute atomic E-state index is 0.207. The van der Waals surface area contributed by atoms with Crippen molar-refractivity contribution in [3.8, 4) is 5.75 Å². The summed E-state index contributed by atoms with van der Waals surface area (Å²) in [5.41, 5.74) is 1.02. The largest absolute Gasteiger partial charge is 0.492 e. The maximum absolute atomic E-state index is 12.4. The Morgan fingerprint density at radius 2 is 1.88 bits per heavy atom. The van der Waals surface area contributed by atoms with Gasteiger partial charge in [0.1, 0.15) is 18.4 Å². The van der Waals surface area contributed by atoms with Gasteiger partial charge in [0.05, 0.1) is 6.54 Å². The Morgan fingerprint density at radius 3 is 2.62 bits per heavy atom. The van der Waals surface area contributed by atoms with Crippen molar-refractivity contribution in [2.45, 2.75) is 12.5 Å². The van der Waals surface area contributed by atoms with E-state index in [1.54, 1.807) is 0 Å². The van der Waals surface area contributed by atoms with Crippen LogP contribution in [0.25, 0.3) is 0 Å². The minimum Gasteiger partial charge on any atom is -0.492 e. The van der Waals surface area contributed by atoms with Crippen LogP contribution in [0.4, 0.5) is 4.79 Å². The van der Waals surface area contributed by atoms with Gasteiger partial charge in [0.15, 0.2) is 0 Å². The van der Waals surface area contributed by atoms with Crippen molar-refractivity contribution in [1.82, 2.24) is 10.2 Å². The number of nitrogens with one attached hydrogen (secondary N) is 1. The molecule has 1 saturated heterocycles. The maximum atomic E-state index is 12.4. The number of nitrogens with zero attached hydrogens (tertiary/aromatic N) is 1. The minimum atomic E-state index is -0.509. The number of ether oxygens (including phenoxy) is 1. The fourth-order valence-electron chi connectivity index (χ4n) is 2.59. The van der Waals surface area contributed by atoms with Crippen molar-refractivity contribution in [3.05, 3.63) is 64.6 Å². The number of rotatable bonds is 6. The summed E-state index contributed by atoms with van der Waals surface area (Å²) >= 11 is 3.37. The first-order valence-electron chi connectivity index (χ1n) is 7.67. The molecular weight excluding hydrogens is 372 g/mol. The van der Waals surface area contributed by atoms with Gasteiger partial charge < -0.3 is 10.1 Å². The predicted octanol–water partition coefficient (Wildman–Crippen LogP) is 2.99. The highest BCUT2D eigenvalue weighted by molar-refractivity contribution is 9.10. The lowest BCUT2D eigenvalue weighted by Crippen LogP contribution is -2.35. The third kappa shape index (κ3) is 3.94. The Labute approximate surface area is 148 Å². The number of hydrogen-bond donors (Lipinski definition) is 1. The molecule has 1 aliphatic rings. The Bertz CT molecular complexity index is 736. The number of amides is 3. The van der Waals surface area contributed by atoms with Gasteiger partial charge in [-0.2, -0.15) is 0 Å². The molecule has 0 aliphatic carbocycles. The number of halogens is 1. The topological polar surface area (TPSA) is 58.6 Å². The molecule has 3 amide bonds. The summed E-state index contributed by atoms with van der Waals surface area (Å²) in [4.78, 5) is 25.6. The van der Waals surface area contributed by atoms with Crippen LogP contribution in [0, 0.1) is 0 Å². The maximum Gasteiger partial charge on any atom is 0.324 e. The number of carbonyl (C=O) groups excluding carboxylic acids is 2. The smallest absolute Gasteiger partial charge is 0.324 e. The molecule has 1 unspecified atom stereocenters. The summed E-state index contributed by atoms with van der Waals surface area (Å²) in [6, 6.07) is 16.2. The molecule has 24 heavy (non-hydrogen) atoms. The summed E-state index contributed by atoms with van der Waals surface area (Å²) in [5.74, 6) is 0.485. The molecule has 1 fully saturated rings. The van der Waals surface area contributed by atoms with E-state index in [-0.39, 0.29) is 25.1 Å². The zero-order valence-corrected chi connectivity index (χ0v) is 14.5. The van der Waals surface area contributed by atoms with Crippen molar-refractivity contribution in [2.24, 2.45) is 0 Å². The van der Waals surface area contributed by atoms with Gasteiger partial charge in [-0.25, -0.2) is 4.79 Å².